The highest BCUT2D eigenvalue weighted by Gasteiger charge is 2.29. The first-order valence-corrected chi connectivity index (χ1v) is 6.77. The third kappa shape index (κ3) is 4.28. The fourth-order valence-electron chi connectivity index (χ4n) is 2.47. The molecule has 0 bridgehead atoms. The van der Waals surface area contributed by atoms with E-state index in [4.69, 9.17) is 4.74 Å². The SMILES string of the molecule is CCN(CC)CCN1CCCCC1C(=O)OC. The largest absolute Gasteiger partial charge is 0.468 e. The van der Waals surface area contributed by atoms with Crippen LogP contribution in [0.5, 0.6) is 0 Å². The van der Waals surface area contributed by atoms with E-state index in [1.54, 1.807) is 0 Å². The molecule has 0 spiro atoms. The van der Waals surface area contributed by atoms with Crippen molar-refractivity contribution in [2.24, 2.45) is 0 Å². The van der Waals surface area contributed by atoms with E-state index in [1.165, 1.54) is 13.5 Å². The molecule has 4 heteroatoms. The molecule has 0 aromatic carbocycles. The smallest absolute Gasteiger partial charge is 0.323 e. The monoisotopic (exact) mass is 242 g/mol. The van der Waals surface area contributed by atoms with Gasteiger partial charge in [-0.05, 0) is 32.5 Å². The van der Waals surface area contributed by atoms with Crippen molar-refractivity contribution >= 4 is 5.97 Å². The van der Waals surface area contributed by atoms with Gasteiger partial charge in [-0.3, -0.25) is 9.69 Å². The number of ether oxygens (including phenoxy) is 1. The molecular formula is C13H26N2O2. The molecule has 0 radical (unpaired) electrons. The van der Waals surface area contributed by atoms with Crippen LogP contribution in [0.25, 0.3) is 0 Å². The third-order valence-corrected chi connectivity index (χ3v) is 3.68. The summed E-state index contributed by atoms with van der Waals surface area (Å²) in [6, 6.07) is -0.00990. The van der Waals surface area contributed by atoms with Gasteiger partial charge in [-0.15, -0.1) is 0 Å². The number of likely N-dealkylation sites (N-methyl/N-ethyl adjacent to an activating group) is 1. The Morgan fingerprint density at radius 3 is 2.65 bits per heavy atom. The van der Waals surface area contributed by atoms with Gasteiger partial charge >= 0.3 is 5.97 Å². The van der Waals surface area contributed by atoms with Crippen LogP contribution in [0, 0.1) is 0 Å². The lowest BCUT2D eigenvalue weighted by Crippen LogP contribution is -2.48. The summed E-state index contributed by atoms with van der Waals surface area (Å²) in [6.07, 6.45) is 3.29. The Labute approximate surface area is 105 Å². The summed E-state index contributed by atoms with van der Waals surface area (Å²) in [7, 11) is 1.49. The Bertz CT molecular complexity index is 229. The maximum atomic E-state index is 11.7. The van der Waals surface area contributed by atoms with E-state index in [0.29, 0.717) is 0 Å². The second-order valence-corrected chi connectivity index (χ2v) is 4.60. The molecular weight excluding hydrogens is 216 g/mol. The van der Waals surface area contributed by atoms with Gasteiger partial charge in [-0.25, -0.2) is 0 Å². The van der Waals surface area contributed by atoms with Crippen LogP contribution in [0.4, 0.5) is 0 Å². The van der Waals surface area contributed by atoms with Crippen LogP contribution >= 0.6 is 0 Å². The first-order valence-electron chi connectivity index (χ1n) is 6.77. The molecule has 1 aliphatic heterocycles. The van der Waals surface area contributed by atoms with E-state index in [2.05, 4.69) is 23.6 Å². The highest BCUT2D eigenvalue weighted by atomic mass is 16.5. The van der Waals surface area contributed by atoms with Crippen LogP contribution in [0.15, 0.2) is 0 Å². The third-order valence-electron chi connectivity index (χ3n) is 3.68. The average Bonchev–Trinajstić information content (AvgIpc) is 2.39. The van der Waals surface area contributed by atoms with E-state index in [0.717, 1.165) is 45.6 Å². The van der Waals surface area contributed by atoms with Crippen molar-refractivity contribution in [2.75, 3.05) is 39.8 Å². The first-order chi connectivity index (χ1) is 8.22. The van der Waals surface area contributed by atoms with Crippen LogP contribution in [-0.2, 0) is 9.53 Å². The molecule has 100 valence electrons. The summed E-state index contributed by atoms with van der Waals surface area (Å²) >= 11 is 0. The number of esters is 1. The quantitative estimate of drug-likeness (QED) is 0.658. The van der Waals surface area contributed by atoms with Crippen molar-refractivity contribution in [1.82, 2.24) is 9.80 Å². The number of rotatable bonds is 6. The Hall–Kier alpha value is -0.610. The molecule has 0 aliphatic carbocycles. The van der Waals surface area contributed by atoms with Gasteiger partial charge in [0.15, 0.2) is 0 Å². The Morgan fingerprint density at radius 1 is 1.35 bits per heavy atom. The number of carbonyl (C=O) groups is 1. The lowest BCUT2D eigenvalue weighted by molar-refractivity contribution is -0.148. The minimum Gasteiger partial charge on any atom is -0.468 e. The molecule has 0 aromatic rings. The normalized spacial score (nSPS) is 21.8. The van der Waals surface area contributed by atoms with Crippen molar-refractivity contribution in [1.29, 1.82) is 0 Å². The zero-order valence-corrected chi connectivity index (χ0v) is 11.4. The lowest BCUT2D eigenvalue weighted by atomic mass is 10.0. The lowest BCUT2D eigenvalue weighted by Gasteiger charge is -2.35. The second-order valence-electron chi connectivity index (χ2n) is 4.60. The van der Waals surface area contributed by atoms with Crippen molar-refractivity contribution in [3.05, 3.63) is 0 Å². The molecule has 17 heavy (non-hydrogen) atoms. The van der Waals surface area contributed by atoms with Crippen LogP contribution in [0.3, 0.4) is 0 Å². The van der Waals surface area contributed by atoms with Crippen molar-refractivity contribution < 1.29 is 9.53 Å². The summed E-state index contributed by atoms with van der Waals surface area (Å²) in [5, 5.41) is 0. The van der Waals surface area contributed by atoms with E-state index in [9.17, 15) is 4.79 Å². The van der Waals surface area contributed by atoms with Crippen LogP contribution in [-0.4, -0.2) is 61.6 Å². The number of piperidine rings is 1. The molecule has 4 nitrogen and oxygen atoms in total. The zero-order valence-electron chi connectivity index (χ0n) is 11.4. The molecule has 0 amide bonds. The number of hydrogen-bond acceptors (Lipinski definition) is 4. The molecule has 1 rings (SSSR count). The molecule has 1 heterocycles. The average molecular weight is 242 g/mol. The number of carbonyl (C=O) groups excluding carboxylic acids is 1. The molecule has 0 saturated carbocycles. The maximum Gasteiger partial charge on any atom is 0.323 e. The van der Waals surface area contributed by atoms with E-state index < -0.39 is 0 Å². The minimum absolute atomic E-state index is 0.00990. The molecule has 1 atom stereocenters. The fraction of sp³-hybridized carbons (Fsp3) is 0.923. The molecule has 1 aliphatic rings. The summed E-state index contributed by atoms with van der Waals surface area (Å²) in [4.78, 5) is 16.4. The molecule has 1 fully saturated rings. The van der Waals surface area contributed by atoms with Gasteiger partial charge in [0, 0.05) is 13.1 Å². The summed E-state index contributed by atoms with van der Waals surface area (Å²) in [5.74, 6) is -0.0655. The minimum atomic E-state index is -0.0655. The number of methoxy groups -OCH3 is 1. The highest BCUT2D eigenvalue weighted by molar-refractivity contribution is 5.75. The fourth-order valence-corrected chi connectivity index (χ4v) is 2.47. The predicted octanol–water partition coefficient (Wildman–Crippen LogP) is 1.36. The van der Waals surface area contributed by atoms with Crippen molar-refractivity contribution in [3.63, 3.8) is 0 Å². The Balaban J connectivity index is 2.45. The predicted molar refractivity (Wildman–Crippen MR) is 69.0 cm³/mol. The van der Waals surface area contributed by atoms with Crippen LogP contribution in [0.1, 0.15) is 33.1 Å². The Morgan fingerprint density at radius 2 is 2.06 bits per heavy atom. The van der Waals surface area contributed by atoms with Gasteiger partial charge < -0.3 is 9.64 Å². The molecule has 0 N–H and O–H groups in total. The van der Waals surface area contributed by atoms with E-state index in [-0.39, 0.29) is 12.0 Å². The number of likely N-dealkylation sites (tertiary alicyclic amines) is 1. The number of hydrogen-bond donors (Lipinski definition) is 0. The van der Waals surface area contributed by atoms with Gasteiger partial charge in [0.2, 0.25) is 0 Å². The topological polar surface area (TPSA) is 32.8 Å². The molecule has 1 unspecified atom stereocenters. The first kappa shape index (κ1) is 14.5. The maximum absolute atomic E-state index is 11.7. The molecule has 0 aromatic heterocycles. The molecule has 1 saturated heterocycles. The van der Waals surface area contributed by atoms with Gasteiger partial charge in [-0.1, -0.05) is 20.3 Å². The summed E-state index contributed by atoms with van der Waals surface area (Å²) in [6.45, 7) is 9.55. The van der Waals surface area contributed by atoms with Gasteiger partial charge in [0.1, 0.15) is 6.04 Å². The summed E-state index contributed by atoms with van der Waals surface area (Å²) < 4.78 is 4.89. The van der Waals surface area contributed by atoms with Crippen molar-refractivity contribution in [3.8, 4) is 0 Å². The highest BCUT2D eigenvalue weighted by Crippen LogP contribution is 2.17. The Kier molecular flexibility index (Phi) is 6.52. The summed E-state index contributed by atoms with van der Waals surface area (Å²) in [5.41, 5.74) is 0. The van der Waals surface area contributed by atoms with Crippen molar-refractivity contribution in [2.45, 2.75) is 39.2 Å². The second kappa shape index (κ2) is 7.67. The van der Waals surface area contributed by atoms with Crippen LogP contribution in [0.2, 0.25) is 0 Å². The van der Waals surface area contributed by atoms with Gasteiger partial charge in [0.25, 0.3) is 0 Å². The van der Waals surface area contributed by atoms with Gasteiger partial charge in [0.05, 0.1) is 7.11 Å². The number of nitrogens with zero attached hydrogens (tertiary/aromatic N) is 2. The zero-order chi connectivity index (χ0) is 12.7. The van der Waals surface area contributed by atoms with E-state index >= 15 is 0 Å². The van der Waals surface area contributed by atoms with Crippen LogP contribution < -0.4 is 0 Å². The van der Waals surface area contributed by atoms with Gasteiger partial charge in [-0.2, -0.15) is 0 Å². The standard InChI is InChI=1S/C13H26N2O2/c1-4-14(5-2)10-11-15-9-7-6-8-12(15)13(16)17-3/h12H,4-11H2,1-3H3. The van der Waals surface area contributed by atoms with E-state index in [1.807, 2.05) is 0 Å².